The molecule has 1 unspecified atom stereocenters. The van der Waals surface area contributed by atoms with Crippen molar-refractivity contribution in [3.8, 4) is 0 Å². The number of sulfonamides is 1. The van der Waals surface area contributed by atoms with Crippen LogP contribution in [0, 0.1) is 12.8 Å². The number of carbonyl (C=O) groups excluding carboxylic acids is 1. The van der Waals surface area contributed by atoms with Crippen LogP contribution in [0.3, 0.4) is 0 Å². The van der Waals surface area contributed by atoms with E-state index in [1.165, 1.54) is 0 Å². The topological polar surface area (TPSA) is 66.5 Å². The van der Waals surface area contributed by atoms with E-state index in [2.05, 4.69) is 5.32 Å². The standard InChI is InChI=1S/C22H24ClF3N2O3S/c1-14-3-5-16(6-4-14)15(2)27-21(29)17-9-11-28(12-10-17)32(30,31)18-7-8-20(23)19(13-18)22(24,25)26/h3-8,13,15,17H,9-12H2,1-2H3,(H,27,29). The molecule has 0 spiro atoms. The van der Waals surface area contributed by atoms with Crippen LogP contribution in [-0.2, 0) is 21.0 Å². The van der Waals surface area contributed by atoms with Crippen molar-refractivity contribution >= 4 is 27.5 Å². The molecule has 0 radical (unpaired) electrons. The first-order valence-electron chi connectivity index (χ1n) is 10.1. The Kier molecular flexibility index (Phi) is 7.21. The zero-order valence-corrected chi connectivity index (χ0v) is 19.2. The average molecular weight is 489 g/mol. The fourth-order valence-electron chi connectivity index (χ4n) is 3.66. The lowest BCUT2D eigenvalue weighted by molar-refractivity contribution is -0.137. The van der Waals surface area contributed by atoms with Crippen LogP contribution in [0.5, 0.6) is 0 Å². The highest BCUT2D eigenvalue weighted by molar-refractivity contribution is 7.89. The van der Waals surface area contributed by atoms with Gasteiger partial charge in [0.2, 0.25) is 15.9 Å². The van der Waals surface area contributed by atoms with Crippen LogP contribution in [0.1, 0.15) is 42.5 Å². The molecule has 0 aliphatic carbocycles. The van der Waals surface area contributed by atoms with Gasteiger partial charge in [0.15, 0.2) is 0 Å². The highest BCUT2D eigenvalue weighted by Gasteiger charge is 2.37. The van der Waals surface area contributed by atoms with Crippen molar-refractivity contribution in [2.45, 2.75) is 43.8 Å². The molecule has 5 nitrogen and oxygen atoms in total. The number of piperidine rings is 1. The van der Waals surface area contributed by atoms with E-state index in [0.29, 0.717) is 6.07 Å². The molecule has 174 valence electrons. The summed E-state index contributed by atoms with van der Waals surface area (Å²) in [6.45, 7) is 3.94. The summed E-state index contributed by atoms with van der Waals surface area (Å²) < 4.78 is 66.2. The Morgan fingerprint density at radius 1 is 1.12 bits per heavy atom. The Hall–Kier alpha value is -2.10. The molecule has 1 saturated heterocycles. The van der Waals surface area contributed by atoms with Gasteiger partial charge in [0.25, 0.3) is 0 Å². The van der Waals surface area contributed by atoms with Gasteiger partial charge in [0, 0.05) is 19.0 Å². The number of rotatable bonds is 5. The fourth-order valence-corrected chi connectivity index (χ4v) is 5.38. The monoisotopic (exact) mass is 488 g/mol. The first-order chi connectivity index (χ1) is 14.9. The zero-order valence-electron chi connectivity index (χ0n) is 17.6. The summed E-state index contributed by atoms with van der Waals surface area (Å²) in [4.78, 5) is 12.2. The minimum absolute atomic E-state index is 0.0450. The number of hydrogen-bond donors (Lipinski definition) is 1. The second-order valence-corrected chi connectivity index (χ2v) is 10.3. The number of hydrogen-bond acceptors (Lipinski definition) is 3. The van der Waals surface area contributed by atoms with Gasteiger partial charge in [0.05, 0.1) is 21.5 Å². The lowest BCUT2D eigenvalue weighted by atomic mass is 9.96. The summed E-state index contributed by atoms with van der Waals surface area (Å²) in [6.07, 6.45) is -4.20. The number of benzene rings is 2. The summed E-state index contributed by atoms with van der Waals surface area (Å²) in [5.74, 6) is -0.536. The van der Waals surface area contributed by atoms with E-state index >= 15 is 0 Å². The molecule has 32 heavy (non-hydrogen) atoms. The second kappa shape index (κ2) is 9.41. The Labute approximate surface area is 190 Å². The molecule has 1 atom stereocenters. The summed E-state index contributed by atoms with van der Waals surface area (Å²) in [5, 5.41) is 2.39. The molecule has 1 N–H and O–H groups in total. The molecule has 10 heteroatoms. The van der Waals surface area contributed by atoms with Crippen LogP contribution in [-0.4, -0.2) is 31.7 Å². The number of nitrogens with zero attached hydrogens (tertiary/aromatic N) is 1. The average Bonchev–Trinajstić information content (AvgIpc) is 2.73. The molecule has 1 heterocycles. The molecule has 0 bridgehead atoms. The molecule has 1 fully saturated rings. The molecular formula is C22H24ClF3N2O3S. The molecule has 3 rings (SSSR count). The third kappa shape index (κ3) is 5.44. The van der Waals surface area contributed by atoms with Gasteiger partial charge in [-0.1, -0.05) is 41.4 Å². The van der Waals surface area contributed by atoms with Crippen molar-refractivity contribution in [3.05, 3.63) is 64.2 Å². The molecule has 0 saturated carbocycles. The van der Waals surface area contributed by atoms with Crippen LogP contribution in [0.2, 0.25) is 5.02 Å². The maximum absolute atomic E-state index is 13.1. The van der Waals surface area contributed by atoms with Crippen molar-refractivity contribution in [2.24, 2.45) is 5.92 Å². The van der Waals surface area contributed by atoms with Gasteiger partial charge < -0.3 is 5.32 Å². The Balaban J connectivity index is 1.64. The maximum Gasteiger partial charge on any atom is 0.417 e. The first kappa shape index (κ1) is 24.5. The number of aryl methyl sites for hydroxylation is 1. The predicted octanol–water partition coefficient (Wildman–Crippen LogP) is 4.95. The van der Waals surface area contributed by atoms with Crippen LogP contribution in [0.4, 0.5) is 13.2 Å². The van der Waals surface area contributed by atoms with E-state index in [9.17, 15) is 26.4 Å². The van der Waals surface area contributed by atoms with E-state index in [-0.39, 0.29) is 43.8 Å². The summed E-state index contributed by atoms with van der Waals surface area (Å²) in [6, 6.07) is 10.2. The van der Waals surface area contributed by atoms with Gasteiger partial charge in [0.1, 0.15) is 0 Å². The van der Waals surface area contributed by atoms with Gasteiger partial charge in [-0.05, 0) is 50.5 Å². The van der Waals surface area contributed by atoms with Crippen molar-refractivity contribution in [1.82, 2.24) is 9.62 Å². The van der Waals surface area contributed by atoms with Crippen molar-refractivity contribution in [2.75, 3.05) is 13.1 Å². The maximum atomic E-state index is 13.1. The number of amides is 1. The third-order valence-electron chi connectivity index (χ3n) is 5.64. The molecule has 1 aliphatic rings. The molecule has 2 aromatic rings. The molecule has 1 aliphatic heterocycles. The van der Waals surface area contributed by atoms with Crippen LogP contribution >= 0.6 is 11.6 Å². The number of nitrogens with one attached hydrogen (secondary N) is 1. The van der Waals surface area contributed by atoms with Gasteiger partial charge in [-0.15, -0.1) is 0 Å². The third-order valence-corrected chi connectivity index (χ3v) is 7.87. The van der Waals surface area contributed by atoms with Gasteiger partial charge in [-0.3, -0.25) is 4.79 Å². The zero-order chi connectivity index (χ0) is 23.7. The molecule has 0 aromatic heterocycles. The molecular weight excluding hydrogens is 465 g/mol. The van der Waals surface area contributed by atoms with Crippen LogP contribution in [0.15, 0.2) is 47.4 Å². The van der Waals surface area contributed by atoms with Gasteiger partial charge in [-0.2, -0.15) is 17.5 Å². The van der Waals surface area contributed by atoms with Crippen LogP contribution in [0.25, 0.3) is 0 Å². The lowest BCUT2D eigenvalue weighted by Gasteiger charge is -2.31. The largest absolute Gasteiger partial charge is 0.417 e. The van der Waals surface area contributed by atoms with Crippen molar-refractivity contribution < 1.29 is 26.4 Å². The van der Waals surface area contributed by atoms with Crippen molar-refractivity contribution in [3.63, 3.8) is 0 Å². The fraction of sp³-hybridized carbons (Fsp3) is 0.409. The highest BCUT2D eigenvalue weighted by Crippen LogP contribution is 2.36. The quantitative estimate of drug-likeness (QED) is 0.648. The van der Waals surface area contributed by atoms with E-state index in [1.54, 1.807) is 0 Å². The smallest absolute Gasteiger partial charge is 0.349 e. The first-order valence-corrected chi connectivity index (χ1v) is 11.9. The highest BCUT2D eigenvalue weighted by atomic mass is 35.5. The molecule has 1 amide bonds. The number of carbonyl (C=O) groups is 1. The minimum Gasteiger partial charge on any atom is -0.349 e. The van der Waals surface area contributed by atoms with Gasteiger partial charge in [-0.25, -0.2) is 8.42 Å². The molecule has 2 aromatic carbocycles. The van der Waals surface area contributed by atoms with E-state index < -0.39 is 31.7 Å². The van der Waals surface area contributed by atoms with E-state index in [0.717, 1.165) is 27.6 Å². The normalized spacial score (nSPS) is 17.2. The Morgan fingerprint density at radius 2 is 1.72 bits per heavy atom. The Morgan fingerprint density at radius 3 is 2.28 bits per heavy atom. The predicted molar refractivity (Wildman–Crippen MR) is 116 cm³/mol. The SMILES string of the molecule is Cc1ccc(C(C)NC(=O)C2CCN(S(=O)(=O)c3ccc(Cl)c(C(F)(F)F)c3)CC2)cc1. The second-order valence-electron chi connectivity index (χ2n) is 7.96. The number of halogens is 4. The van der Waals surface area contributed by atoms with Gasteiger partial charge >= 0.3 is 6.18 Å². The number of alkyl halides is 3. The van der Waals surface area contributed by atoms with Crippen LogP contribution < -0.4 is 5.32 Å². The van der Waals surface area contributed by atoms with E-state index in [4.69, 9.17) is 11.6 Å². The Bertz CT molecular complexity index is 1080. The summed E-state index contributed by atoms with van der Waals surface area (Å²) in [7, 11) is -4.14. The lowest BCUT2D eigenvalue weighted by Crippen LogP contribution is -2.43. The summed E-state index contributed by atoms with van der Waals surface area (Å²) in [5.41, 5.74) is 0.885. The van der Waals surface area contributed by atoms with Crippen molar-refractivity contribution in [1.29, 1.82) is 0 Å². The summed E-state index contributed by atoms with van der Waals surface area (Å²) >= 11 is 5.59. The minimum atomic E-state index is -4.76. The van der Waals surface area contributed by atoms with E-state index in [1.807, 2.05) is 38.1 Å².